The van der Waals surface area contributed by atoms with Crippen LogP contribution in [0.25, 0.3) is 0 Å². The molecule has 24 heavy (non-hydrogen) atoms. The molecule has 1 fully saturated rings. The van der Waals surface area contributed by atoms with Crippen molar-refractivity contribution in [3.63, 3.8) is 0 Å². The van der Waals surface area contributed by atoms with E-state index in [9.17, 15) is 4.79 Å². The lowest BCUT2D eigenvalue weighted by Crippen LogP contribution is -2.40. The fraction of sp³-hybridized carbons (Fsp3) is 0.350. The van der Waals surface area contributed by atoms with Crippen LogP contribution in [0.15, 0.2) is 54.6 Å². The second-order valence-corrected chi connectivity index (χ2v) is 6.82. The summed E-state index contributed by atoms with van der Waals surface area (Å²) in [6.45, 7) is 3.42. The molecule has 4 heteroatoms. The standard InChI is InChI=1S/C20H23ClN2O/c21-19-8-4-7-17(13-19)15-23-11-9-18(10-12-23)20(24)22-14-16-5-2-1-3-6-16/h1-8,13,18H,9-12,14-15H2,(H,22,24). The van der Waals surface area contributed by atoms with Crippen LogP contribution in [0.5, 0.6) is 0 Å². The summed E-state index contributed by atoms with van der Waals surface area (Å²) >= 11 is 6.04. The molecule has 1 N–H and O–H groups in total. The van der Waals surface area contributed by atoms with Crippen molar-refractivity contribution in [1.82, 2.24) is 10.2 Å². The van der Waals surface area contributed by atoms with Crippen molar-refractivity contribution in [2.45, 2.75) is 25.9 Å². The summed E-state index contributed by atoms with van der Waals surface area (Å²) in [6, 6.07) is 18.1. The van der Waals surface area contributed by atoms with E-state index in [0.29, 0.717) is 6.54 Å². The number of rotatable bonds is 5. The van der Waals surface area contributed by atoms with Gasteiger partial charge in [-0.1, -0.05) is 54.1 Å². The predicted octanol–water partition coefficient (Wildman–Crippen LogP) is 3.87. The Balaban J connectivity index is 1.43. The first kappa shape index (κ1) is 17.0. The van der Waals surface area contributed by atoms with Crippen LogP contribution in [0.4, 0.5) is 0 Å². The van der Waals surface area contributed by atoms with E-state index in [1.54, 1.807) is 0 Å². The summed E-state index contributed by atoms with van der Waals surface area (Å²) in [4.78, 5) is 14.7. The van der Waals surface area contributed by atoms with Crippen molar-refractivity contribution >= 4 is 17.5 Å². The summed E-state index contributed by atoms with van der Waals surface area (Å²) in [5, 5.41) is 3.85. The lowest BCUT2D eigenvalue weighted by Gasteiger charge is -2.31. The van der Waals surface area contributed by atoms with Crippen LogP contribution in [-0.4, -0.2) is 23.9 Å². The lowest BCUT2D eigenvalue weighted by molar-refractivity contribution is -0.126. The van der Waals surface area contributed by atoms with Gasteiger partial charge in [0.15, 0.2) is 0 Å². The molecule has 2 aromatic carbocycles. The Kier molecular flexibility index (Phi) is 5.89. The molecule has 0 aliphatic carbocycles. The quantitative estimate of drug-likeness (QED) is 0.894. The number of carbonyl (C=O) groups excluding carboxylic acids is 1. The molecule has 1 saturated heterocycles. The van der Waals surface area contributed by atoms with E-state index >= 15 is 0 Å². The van der Waals surface area contributed by atoms with Crippen molar-refractivity contribution in [3.05, 3.63) is 70.7 Å². The number of halogens is 1. The van der Waals surface area contributed by atoms with Crippen LogP contribution in [-0.2, 0) is 17.9 Å². The first-order valence-corrected chi connectivity index (χ1v) is 8.87. The van der Waals surface area contributed by atoms with Crippen molar-refractivity contribution < 1.29 is 4.79 Å². The molecule has 1 aliphatic heterocycles. The number of hydrogen-bond donors (Lipinski definition) is 1. The van der Waals surface area contributed by atoms with E-state index in [4.69, 9.17) is 11.6 Å². The largest absolute Gasteiger partial charge is 0.352 e. The number of carbonyl (C=O) groups is 1. The van der Waals surface area contributed by atoms with E-state index in [1.807, 2.05) is 48.5 Å². The van der Waals surface area contributed by atoms with Gasteiger partial charge in [0, 0.05) is 24.0 Å². The minimum absolute atomic E-state index is 0.129. The summed E-state index contributed by atoms with van der Waals surface area (Å²) < 4.78 is 0. The van der Waals surface area contributed by atoms with Gasteiger partial charge in [0.05, 0.1) is 0 Å². The predicted molar refractivity (Wildman–Crippen MR) is 97.7 cm³/mol. The molecule has 0 atom stereocenters. The zero-order chi connectivity index (χ0) is 16.8. The highest BCUT2D eigenvalue weighted by molar-refractivity contribution is 6.30. The Morgan fingerprint density at radius 1 is 1.04 bits per heavy atom. The Labute approximate surface area is 148 Å². The van der Waals surface area contributed by atoms with Crippen LogP contribution in [0.1, 0.15) is 24.0 Å². The van der Waals surface area contributed by atoms with Gasteiger partial charge in [-0.3, -0.25) is 9.69 Å². The molecule has 0 spiro atoms. The zero-order valence-corrected chi connectivity index (χ0v) is 14.5. The van der Waals surface area contributed by atoms with Crippen molar-refractivity contribution in [3.8, 4) is 0 Å². The average Bonchev–Trinajstić information content (AvgIpc) is 2.61. The normalized spacial score (nSPS) is 16.0. The first-order valence-electron chi connectivity index (χ1n) is 8.49. The molecule has 3 rings (SSSR count). The van der Waals surface area contributed by atoms with Gasteiger partial charge in [-0.15, -0.1) is 0 Å². The summed E-state index contributed by atoms with van der Waals surface area (Å²) in [7, 11) is 0. The number of nitrogens with zero attached hydrogens (tertiary/aromatic N) is 1. The number of amides is 1. The maximum atomic E-state index is 12.3. The van der Waals surface area contributed by atoms with Gasteiger partial charge in [-0.25, -0.2) is 0 Å². The third-order valence-corrected chi connectivity index (χ3v) is 4.80. The Morgan fingerprint density at radius 3 is 2.46 bits per heavy atom. The Bertz CT molecular complexity index is 666. The van der Waals surface area contributed by atoms with E-state index in [0.717, 1.165) is 43.1 Å². The molecular weight excluding hydrogens is 320 g/mol. The molecule has 0 radical (unpaired) electrons. The molecule has 1 aliphatic rings. The van der Waals surface area contributed by atoms with Crippen molar-refractivity contribution in [2.75, 3.05) is 13.1 Å². The molecule has 0 unspecified atom stereocenters. The maximum Gasteiger partial charge on any atom is 0.223 e. The first-order chi connectivity index (χ1) is 11.7. The van der Waals surface area contributed by atoms with E-state index in [1.165, 1.54) is 5.56 Å². The molecule has 126 valence electrons. The number of likely N-dealkylation sites (tertiary alicyclic amines) is 1. The van der Waals surface area contributed by atoms with Gasteiger partial charge in [0.25, 0.3) is 0 Å². The number of nitrogens with one attached hydrogen (secondary N) is 1. The minimum atomic E-state index is 0.129. The second-order valence-electron chi connectivity index (χ2n) is 6.38. The summed E-state index contributed by atoms with van der Waals surface area (Å²) in [5.41, 5.74) is 2.37. The number of piperidine rings is 1. The maximum absolute atomic E-state index is 12.3. The van der Waals surface area contributed by atoms with E-state index < -0.39 is 0 Å². The van der Waals surface area contributed by atoms with Gasteiger partial charge >= 0.3 is 0 Å². The molecule has 3 nitrogen and oxygen atoms in total. The monoisotopic (exact) mass is 342 g/mol. The van der Waals surface area contributed by atoms with Crippen LogP contribution < -0.4 is 5.32 Å². The fourth-order valence-corrected chi connectivity index (χ4v) is 3.39. The smallest absolute Gasteiger partial charge is 0.223 e. The summed E-state index contributed by atoms with van der Waals surface area (Å²) in [6.07, 6.45) is 1.84. The van der Waals surface area contributed by atoms with Crippen LogP contribution in [0.3, 0.4) is 0 Å². The topological polar surface area (TPSA) is 32.3 Å². The SMILES string of the molecule is O=C(NCc1ccccc1)C1CCN(Cc2cccc(Cl)c2)CC1. The molecule has 1 amide bonds. The van der Waals surface area contributed by atoms with E-state index in [-0.39, 0.29) is 11.8 Å². The van der Waals surface area contributed by atoms with Crippen molar-refractivity contribution in [1.29, 1.82) is 0 Å². The molecule has 0 bridgehead atoms. The van der Waals surface area contributed by atoms with Crippen molar-refractivity contribution in [2.24, 2.45) is 5.92 Å². The van der Waals surface area contributed by atoms with Gasteiger partial charge < -0.3 is 5.32 Å². The Morgan fingerprint density at radius 2 is 1.75 bits per heavy atom. The van der Waals surface area contributed by atoms with Gasteiger partial charge in [0.1, 0.15) is 0 Å². The molecular formula is C20H23ClN2O. The highest BCUT2D eigenvalue weighted by Crippen LogP contribution is 2.20. The minimum Gasteiger partial charge on any atom is -0.352 e. The highest BCUT2D eigenvalue weighted by atomic mass is 35.5. The number of hydrogen-bond acceptors (Lipinski definition) is 2. The third kappa shape index (κ3) is 4.83. The number of benzene rings is 2. The highest BCUT2D eigenvalue weighted by Gasteiger charge is 2.24. The average molecular weight is 343 g/mol. The van der Waals surface area contributed by atoms with Crippen LogP contribution in [0, 0.1) is 5.92 Å². The lowest BCUT2D eigenvalue weighted by atomic mass is 9.95. The summed E-state index contributed by atoms with van der Waals surface area (Å²) in [5.74, 6) is 0.311. The second kappa shape index (κ2) is 8.32. The Hall–Kier alpha value is -1.84. The molecule has 1 heterocycles. The molecule has 0 aromatic heterocycles. The van der Waals surface area contributed by atoms with E-state index in [2.05, 4.69) is 16.3 Å². The third-order valence-electron chi connectivity index (χ3n) is 4.56. The van der Waals surface area contributed by atoms with Crippen LogP contribution >= 0.6 is 11.6 Å². The van der Waals surface area contributed by atoms with Gasteiger partial charge in [-0.2, -0.15) is 0 Å². The van der Waals surface area contributed by atoms with Gasteiger partial charge in [0.2, 0.25) is 5.91 Å². The van der Waals surface area contributed by atoms with Gasteiger partial charge in [-0.05, 0) is 49.2 Å². The zero-order valence-electron chi connectivity index (χ0n) is 13.7. The molecule has 2 aromatic rings. The van der Waals surface area contributed by atoms with Crippen LogP contribution in [0.2, 0.25) is 5.02 Å². The molecule has 0 saturated carbocycles. The fourth-order valence-electron chi connectivity index (χ4n) is 3.18.